The first-order valence-electron chi connectivity index (χ1n) is 6.12. The minimum Gasteiger partial charge on any atom is -0.480 e. The molecule has 0 aromatic rings. The van der Waals surface area contributed by atoms with Gasteiger partial charge in [-0.2, -0.15) is 12.6 Å². The Balaban J connectivity index is 4.71. The van der Waals surface area contributed by atoms with Crippen molar-refractivity contribution in [2.75, 3.05) is 0 Å². The van der Waals surface area contributed by atoms with Gasteiger partial charge in [-0.1, -0.05) is 0 Å². The minimum absolute atomic E-state index is 0.179. The van der Waals surface area contributed by atoms with Gasteiger partial charge in [0, 0.05) is 6.42 Å². The third-order valence-electron chi connectivity index (χ3n) is 2.68. The van der Waals surface area contributed by atoms with Crippen LogP contribution >= 0.6 is 12.6 Å². The van der Waals surface area contributed by atoms with E-state index in [2.05, 4.69) is 17.9 Å². The molecule has 10 heteroatoms. The number of hydrogen-bond donors (Lipinski definition) is 6. The summed E-state index contributed by atoms with van der Waals surface area (Å²) in [6.45, 7) is 1.42. The Labute approximate surface area is 127 Å². The van der Waals surface area contributed by atoms with Crippen LogP contribution in [0.5, 0.6) is 0 Å². The first-order chi connectivity index (χ1) is 9.57. The summed E-state index contributed by atoms with van der Waals surface area (Å²) in [6, 6.07) is -3.54. The van der Waals surface area contributed by atoms with Crippen LogP contribution < -0.4 is 22.5 Å². The molecule has 2 amide bonds. The van der Waals surface area contributed by atoms with Crippen molar-refractivity contribution >= 4 is 36.2 Å². The lowest BCUT2D eigenvalue weighted by Crippen LogP contribution is -2.55. The van der Waals surface area contributed by atoms with Crippen LogP contribution in [0.3, 0.4) is 0 Å². The smallest absolute Gasteiger partial charge is 0.326 e. The number of ketones is 1. The fourth-order valence-corrected chi connectivity index (χ4v) is 1.77. The number of rotatable bonds is 9. The summed E-state index contributed by atoms with van der Waals surface area (Å²) in [4.78, 5) is 45.0. The van der Waals surface area contributed by atoms with E-state index in [1.165, 1.54) is 6.92 Å². The molecule has 4 unspecified atom stereocenters. The molecule has 0 saturated heterocycles. The third kappa shape index (κ3) is 6.56. The van der Waals surface area contributed by atoms with Gasteiger partial charge in [-0.05, 0) is 13.3 Å². The molecule has 0 spiro atoms. The normalized spacial score (nSPS) is 16.4. The average Bonchev–Trinajstić information content (AvgIpc) is 2.39. The van der Waals surface area contributed by atoms with Crippen LogP contribution in [0.25, 0.3) is 0 Å². The number of amides is 2. The second-order valence-electron chi connectivity index (χ2n) is 4.57. The number of carbonyl (C=O) groups excluding carboxylic acids is 3. The van der Waals surface area contributed by atoms with E-state index in [4.69, 9.17) is 22.3 Å². The fraction of sp³-hybridized carbons (Fsp3) is 0.636. The quantitative estimate of drug-likeness (QED) is 0.251. The Bertz CT molecular complexity index is 429. The summed E-state index contributed by atoms with van der Waals surface area (Å²) >= 11 is 3.92. The van der Waals surface area contributed by atoms with Crippen LogP contribution in [-0.4, -0.2) is 52.0 Å². The van der Waals surface area contributed by atoms with Crippen LogP contribution in [0.15, 0.2) is 0 Å². The minimum atomic E-state index is -1.36. The van der Waals surface area contributed by atoms with Gasteiger partial charge in [-0.25, -0.2) is 4.79 Å². The molecule has 0 heterocycles. The topological polar surface area (TPSA) is 179 Å². The van der Waals surface area contributed by atoms with Crippen LogP contribution in [0.2, 0.25) is 0 Å². The van der Waals surface area contributed by atoms with Crippen molar-refractivity contribution in [3.63, 3.8) is 0 Å². The summed E-state index contributed by atoms with van der Waals surface area (Å²) < 4.78 is 0. The molecule has 0 aliphatic carbocycles. The van der Waals surface area contributed by atoms with Gasteiger partial charge >= 0.3 is 5.97 Å². The zero-order chi connectivity index (χ0) is 16.7. The van der Waals surface area contributed by atoms with Crippen molar-refractivity contribution < 1.29 is 24.3 Å². The van der Waals surface area contributed by atoms with Crippen molar-refractivity contribution in [2.24, 2.45) is 17.2 Å². The maximum atomic E-state index is 11.8. The van der Waals surface area contributed by atoms with Gasteiger partial charge in [0.2, 0.25) is 11.8 Å². The molecule has 21 heavy (non-hydrogen) atoms. The lowest BCUT2D eigenvalue weighted by Gasteiger charge is -2.21. The van der Waals surface area contributed by atoms with E-state index < -0.39 is 46.9 Å². The Kier molecular flexibility index (Phi) is 7.92. The summed E-state index contributed by atoms with van der Waals surface area (Å²) in [7, 11) is 0. The van der Waals surface area contributed by atoms with Gasteiger partial charge in [0.25, 0.3) is 0 Å². The van der Waals surface area contributed by atoms with Gasteiger partial charge in [0.15, 0.2) is 5.78 Å². The molecular weight excluding hydrogens is 300 g/mol. The number of thiol groups is 1. The SMILES string of the molecule is CC(N)C(=O)C(S)C(N)C(=O)NC(CCC(N)=O)C(=O)O. The van der Waals surface area contributed by atoms with Gasteiger partial charge in [0.1, 0.15) is 12.1 Å². The maximum absolute atomic E-state index is 11.8. The van der Waals surface area contributed by atoms with E-state index in [1.807, 2.05) is 0 Å². The molecule has 0 aromatic heterocycles. The van der Waals surface area contributed by atoms with E-state index in [9.17, 15) is 19.2 Å². The van der Waals surface area contributed by atoms with Crippen molar-refractivity contribution in [1.29, 1.82) is 0 Å². The lowest BCUT2D eigenvalue weighted by atomic mass is 10.0. The highest BCUT2D eigenvalue weighted by Crippen LogP contribution is 2.06. The number of carbonyl (C=O) groups is 4. The van der Waals surface area contributed by atoms with Crippen LogP contribution in [0, 0.1) is 0 Å². The fourth-order valence-electron chi connectivity index (χ4n) is 1.40. The van der Waals surface area contributed by atoms with Crippen LogP contribution in [0.1, 0.15) is 19.8 Å². The largest absolute Gasteiger partial charge is 0.480 e. The van der Waals surface area contributed by atoms with Gasteiger partial charge in [-0.3, -0.25) is 14.4 Å². The number of nitrogens with two attached hydrogens (primary N) is 3. The third-order valence-corrected chi connectivity index (χ3v) is 3.25. The van der Waals surface area contributed by atoms with Crippen molar-refractivity contribution in [1.82, 2.24) is 5.32 Å². The number of nitrogens with one attached hydrogen (secondary N) is 1. The van der Waals surface area contributed by atoms with Crippen molar-refractivity contribution in [3.05, 3.63) is 0 Å². The molecule has 0 aliphatic rings. The van der Waals surface area contributed by atoms with Crippen molar-refractivity contribution in [3.8, 4) is 0 Å². The molecule has 120 valence electrons. The van der Waals surface area contributed by atoms with E-state index >= 15 is 0 Å². The Morgan fingerprint density at radius 2 is 1.76 bits per heavy atom. The summed E-state index contributed by atoms with van der Waals surface area (Å²) in [5.41, 5.74) is 15.8. The molecule has 0 fully saturated rings. The molecule has 4 atom stereocenters. The Morgan fingerprint density at radius 3 is 2.14 bits per heavy atom. The highest BCUT2D eigenvalue weighted by molar-refractivity contribution is 7.82. The molecule has 8 N–H and O–H groups in total. The first kappa shape index (κ1) is 19.4. The summed E-state index contributed by atoms with van der Waals surface area (Å²) in [5, 5.41) is 9.92. The Morgan fingerprint density at radius 1 is 1.24 bits per heavy atom. The molecule has 0 radical (unpaired) electrons. The second-order valence-corrected chi connectivity index (χ2v) is 5.12. The van der Waals surface area contributed by atoms with Crippen molar-refractivity contribution in [2.45, 2.75) is 43.1 Å². The maximum Gasteiger partial charge on any atom is 0.326 e. The first-order valence-corrected chi connectivity index (χ1v) is 6.64. The van der Waals surface area contributed by atoms with Gasteiger partial charge in [-0.15, -0.1) is 0 Å². The standard InChI is InChI=1S/C11H20N4O5S/c1-4(12)8(17)9(21)7(14)10(18)15-5(11(19)20)2-3-6(13)16/h4-5,7,9,21H,2-3,12,14H2,1H3,(H2,13,16)(H,15,18)(H,19,20). The molecule has 0 aliphatic heterocycles. The second kappa shape index (κ2) is 8.60. The van der Waals surface area contributed by atoms with Crippen LogP contribution in [-0.2, 0) is 19.2 Å². The highest BCUT2D eigenvalue weighted by atomic mass is 32.1. The van der Waals surface area contributed by atoms with E-state index in [0.717, 1.165) is 0 Å². The molecule has 0 saturated carbocycles. The van der Waals surface area contributed by atoms with E-state index in [1.54, 1.807) is 0 Å². The molecular formula is C11H20N4O5S. The number of primary amides is 1. The number of Topliss-reactive ketones (excluding diaryl/α,β-unsaturated/α-hetero) is 1. The monoisotopic (exact) mass is 320 g/mol. The zero-order valence-electron chi connectivity index (χ0n) is 11.5. The highest BCUT2D eigenvalue weighted by Gasteiger charge is 2.31. The zero-order valence-corrected chi connectivity index (χ0v) is 12.4. The predicted molar refractivity (Wildman–Crippen MR) is 77.4 cm³/mol. The average molecular weight is 320 g/mol. The van der Waals surface area contributed by atoms with Gasteiger partial charge < -0.3 is 27.6 Å². The number of carboxylic acids is 1. The summed E-state index contributed by atoms with van der Waals surface area (Å²) in [6.07, 6.45) is -0.392. The molecule has 9 nitrogen and oxygen atoms in total. The Hall–Kier alpha value is -1.65. The molecule has 0 rings (SSSR count). The molecule has 0 bridgehead atoms. The lowest BCUT2D eigenvalue weighted by molar-refractivity contribution is -0.142. The number of hydrogen-bond acceptors (Lipinski definition) is 7. The van der Waals surface area contributed by atoms with Gasteiger partial charge in [0.05, 0.1) is 11.3 Å². The summed E-state index contributed by atoms with van der Waals surface area (Å²) in [5.74, 6) is -3.45. The molecule has 0 aromatic carbocycles. The van der Waals surface area contributed by atoms with E-state index in [-0.39, 0.29) is 12.8 Å². The number of carboxylic acid groups (broad SMARTS) is 1. The van der Waals surface area contributed by atoms with Crippen LogP contribution in [0.4, 0.5) is 0 Å². The van der Waals surface area contributed by atoms with E-state index in [0.29, 0.717) is 0 Å². The number of aliphatic carboxylic acids is 1. The predicted octanol–water partition coefficient (Wildman–Crippen LogP) is -2.64.